The molecule has 4 heteroatoms. The highest BCUT2D eigenvalue weighted by Crippen LogP contribution is 2.03. The van der Waals surface area contributed by atoms with Crippen LogP contribution in [0.4, 0.5) is 0 Å². The summed E-state index contributed by atoms with van der Waals surface area (Å²) in [6, 6.07) is 10.4. The van der Waals surface area contributed by atoms with Crippen molar-refractivity contribution in [2.24, 2.45) is 0 Å². The molecule has 2 aromatic rings. The van der Waals surface area contributed by atoms with Gasteiger partial charge in [-0.3, -0.25) is 4.79 Å². The van der Waals surface area contributed by atoms with Gasteiger partial charge in [-0.15, -0.1) is 0 Å². The molecule has 0 unspecified atom stereocenters. The monoisotopic (exact) mass is 256 g/mol. The van der Waals surface area contributed by atoms with Gasteiger partial charge in [-0.1, -0.05) is 30.3 Å². The van der Waals surface area contributed by atoms with E-state index in [0.717, 1.165) is 5.56 Å². The van der Waals surface area contributed by atoms with E-state index in [1.165, 1.54) is 18.6 Å². The van der Waals surface area contributed by atoms with Gasteiger partial charge in [0.05, 0.1) is 12.5 Å². The van der Waals surface area contributed by atoms with Crippen LogP contribution in [-0.2, 0) is 9.53 Å². The summed E-state index contributed by atoms with van der Waals surface area (Å²) in [6.07, 6.45) is 5.81. The van der Waals surface area contributed by atoms with Gasteiger partial charge < -0.3 is 9.15 Å². The van der Waals surface area contributed by atoms with Gasteiger partial charge in [0.1, 0.15) is 0 Å². The Morgan fingerprint density at radius 2 is 1.95 bits per heavy atom. The highest BCUT2D eigenvalue weighted by atomic mass is 16.5. The topological polar surface area (TPSA) is 56.5 Å². The summed E-state index contributed by atoms with van der Waals surface area (Å²) in [5, 5.41) is 0. The molecule has 0 aliphatic carbocycles. The van der Waals surface area contributed by atoms with Crippen LogP contribution in [0.25, 0.3) is 6.08 Å². The molecule has 1 aromatic heterocycles. The largest absolute Gasteiger partial charge is 0.472 e. The minimum Gasteiger partial charge on any atom is -0.472 e. The van der Waals surface area contributed by atoms with Gasteiger partial charge in [-0.2, -0.15) is 0 Å². The maximum Gasteiger partial charge on any atom is 0.331 e. The van der Waals surface area contributed by atoms with E-state index >= 15 is 0 Å². The van der Waals surface area contributed by atoms with Gasteiger partial charge in [-0.05, 0) is 12.1 Å². The lowest BCUT2D eigenvalue weighted by atomic mass is 10.1. The number of benzene rings is 1. The van der Waals surface area contributed by atoms with Crippen LogP contribution in [0, 0.1) is 0 Å². The van der Waals surface area contributed by atoms with Gasteiger partial charge in [0.25, 0.3) is 0 Å². The molecule has 0 radical (unpaired) electrons. The molecule has 0 saturated heterocycles. The summed E-state index contributed by atoms with van der Waals surface area (Å²) < 4.78 is 9.70. The number of ether oxygens (including phenoxy) is 1. The Labute approximate surface area is 110 Å². The molecule has 0 fully saturated rings. The maximum atomic E-state index is 11.7. The Hall–Kier alpha value is -2.62. The average molecular weight is 256 g/mol. The van der Waals surface area contributed by atoms with Gasteiger partial charge in [0, 0.05) is 17.2 Å². The highest BCUT2D eigenvalue weighted by molar-refractivity contribution is 5.98. The number of ketones is 1. The quantitative estimate of drug-likeness (QED) is 0.469. The lowest BCUT2D eigenvalue weighted by molar-refractivity contribution is -0.136. The van der Waals surface area contributed by atoms with Crippen molar-refractivity contribution in [3.8, 4) is 0 Å². The lowest BCUT2D eigenvalue weighted by Crippen LogP contribution is -2.12. The fraction of sp³-hybridized carbons (Fsp3) is 0.0667. The fourth-order valence-corrected chi connectivity index (χ4v) is 1.43. The molecule has 1 aromatic carbocycles. The minimum atomic E-state index is -0.564. The third-order valence-electron chi connectivity index (χ3n) is 2.40. The Kier molecular flexibility index (Phi) is 4.29. The molecule has 0 atom stereocenters. The van der Waals surface area contributed by atoms with Crippen LogP contribution in [0.5, 0.6) is 0 Å². The molecule has 4 nitrogen and oxygen atoms in total. The van der Waals surface area contributed by atoms with Gasteiger partial charge in [-0.25, -0.2) is 4.79 Å². The maximum absolute atomic E-state index is 11.7. The zero-order valence-corrected chi connectivity index (χ0v) is 10.1. The van der Waals surface area contributed by atoms with Crippen molar-refractivity contribution in [3.63, 3.8) is 0 Å². The second kappa shape index (κ2) is 6.35. The molecule has 0 bridgehead atoms. The highest BCUT2D eigenvalue weighted by Gasteiger charge is 2.07. The van der Waals surface area contributed by atoms with Gasteiger partial charge >= 0.3 is 5.97 Å². The Morgan fingerprint density at radius 3 is 2.63 bits per heavy atom. The minimum absolute atomic E-state index is 0.231. The van der Waals surface area contributed by atoms with Crippen molar-refractivity contribution in [1.82, 2.24) is 0 Å². The molecular formula is C15H12O4. The molecule has 0 aliphatic rings. The van der Waals surface area contributed by atoms with Crippen LogP contribution >= 0.6 is 0 Å². The standard InChI is InChI=1S/C15H12O4/c16-14(13-4-2-1-3-5-13)11-19-15(17)7-6-12-8-9-18-10-12/h1-10H,11H2. The summed E-state index contributed by atoms with van der Waals surface area (Å²) in [4.78, 5) is 23.0. The third kappa shape index (κ3) is 3.96. The van der Waals surface area contributed by atoms with Crippen LogP contribution in [0.2, 0.25) is 0 Å². The summed E-state index contributed by atoms with van der Waals surface area (Å²) in [5.41, 5.74) is 1.28. The van der Waals surface area contributed by atoms with E-state index in [-0.39, 0.29) is 12.4 Å². The third-order valence-corrected chi connectivity index (χ3v) is 2.40. The molecule has 0 amide bonds. The first-order chi connectivity index (χ1) is 9.25. The number of hydrogen-bond donors (Lipinski definition) is 0. The van der Waals surface area contributed by atoms with E-state index in [9.17, 15) is 9.59 Å². The molecule has 2 rings (SSSR count). The number of carbonyl (C=O) groups is 2. The van der Waals surface area contributed by atoms with Crippen molar-refractivity contribution in [3.05, 3.63) is 66.1 Å². The molecule has 0 spiro atoms. The molecular weight excluding hydrogens is 244 g/mol. The normalized spacial score (nSPS) is 10.5. The zero-order valence-electron chi connectivity index (χ0n) is 10.1. The van der Waals surface area contributed by atoms with Crippen LogP contribution in [0.15, 0.2) is 59.4 Å². The van der Waals surface area contributed by atoms with Crippen molar-refractivity contribution < 1.29 is 18.7 Å². The van der Waals surface area contributed by atoms with Gasteiger partial charge in [0.15, 0.2) is 12.4 Å². The smallest absolute Gasteiger partial charge is 0.331 e. The summed E-state index contributed by atoms with van der Waals surface area (Å²) in [6.45, 7) is -0.265. The van der Waals surface area contributed by atoms with E-state index in [1.54, 1.807) is 36.4 Å². The summed E-state index contributed by atoms with van der Waals surface area (Å²) >= 11 is 0. The summed E-state index contributed by atoms with van der Waals surface area (Å²) in [5.74, 6) is -0.795. The first-order valence-corrected chi connectivity index (χ1v) is 5.71. The Balaban J connectivity index is 1.82. The van der Waals surface area contributed by atoms with E-state index in [1.807, 2.05) is 6.07 Å². The second-order valence-electron chi connectivity index (χ2n) is 3.79. The first kappa shape index (κ1) is 12.8. The van der Waals surface area contributed by atoms with E-state index < -0.39 is 5.97 Å². The Morgan fingerprint density at radius 1 is 1.16 bits per heavy atom. The van der Waals surface area contributed by atoms with E-state index in [4.69, 9.17) is 9.15 Å². The van der Waals surface area contributed by atoms with Gasteiger partial charge in [0.2, 0.25) is 0 Å². The number of hydrogen-bond acceptors (Lipinski definition) is 4. The van der Waals surface area contributed by atoms with Crippen molar-refractivity contribution in [2.75, 3.05) is 6.61 Å². The van der Waals surface area contributed by atoms with Crippen molar-refractivity contribution in [1.29, 1.82) is 0 Å². The van der Waals surface area contributed by atoms with Crippen LogP contribution in [0.1, 0.15) is 15.9 Å². The predicted molar refractivity (Wildman–Crippen MR) is 69.5 cm³/mol. The van der Waals surface area contributed by atoms with Crippen molar-refractivity contribution in [2.45, 2.75) is 0 Å². The molecule has 19 heavy (non-hydrogen) atoms. The number of carbonyl (C=O) groups excluding carboxylic acids is 2. The molecule has 0 saturated carbocycles. The number of esters is 1. The zero-order chi connectivity index (χ0) is 13.5. The number of Topliss-reactive ketones (excluding diaryl/α,β-unsaturated/α-hetero) is 1. The number of furan rings is 1. The summed E-state index contributed by atoms with van der Waals surface area (Å²) in [7, 11) is 0. The second-order valence-corrected chi connectivity index (χ2v) is 3.79. The Bertz CT molecular complexity index is 567. The molecule has 96 valence electrons. The first-order valence-electron chi connectivity index (χ1n) is 5.71. The molecule has 0 aliphatic heterocycles. The van der Waals surface area contributed by atoms with Crippen molar-refractivity contribution >= 4 is 17.8 Å². The van der Waals surface area contributed by atoms with Crippen LogP contribution < -0.4 is 0 Å². The molecule has 0 N–H and O–H groups in total. The van der Waals surface area contributed by atoms with E-state index in [0.29, 0.717) is 5.56 Å². The predicted octanol–water partition coefficient (Wildman–Crippen LogP) is 2.72. The van der Waals surface area contributed by atoms with E-state index in [2.05, 4.69) is 0 Å². The van der Waals surface area contributed by atoms with Crippen LogP contribution in [-0.4, -0.2) is 18.4 Å². The average Bonchev–Trinajstić information content (AvgIpc) is 2.96. The van der Waals surface area contributed by atoms with Crippen LogP contribution in [0.3, 0.4) is 0 Å². The SMILES string of the molecule is O=C(C=Cc1ccoc1)OCC(=O)c1ccccc1. The number of rotatable bonds is 5. The fourth-order valence-electron chi connectivity index (χ4n) is 1.43. The molecule has 1 heterocycles. The lowest BCUT2D eigenvalue weighted by Gasteiger charge is -2.01.